The summed E-state index contributed by atoms with van der Waals surface area (Å²) < 4.78 is 26.8. The predicted octanol–water partition coefficient (Wildman–Crippen LogP) is 2.26. The molecule has 0 saturated heterocycles. The molecule has 22 heavy (non-hydrogen) atoms. The van der Waals surface area contributed by atoms with Crippen LogP contribution in [0.15, 0.2) is 35.2 Å². The highest BCUT2D eigenvalue weighted by Gasteiger charge is 2.15. The standard InChI is InChI=1S/C15H21N3O2S2/c1-12(2)18-22(19,20)10-14-6-4-3-5-13(14)7-16-8-15-9-21-11-17-15/h3-6,9,11-12,16,18H,7-8,10H2,1-2H3. The van der Waals surface area contributed by atoms with Gasteiger partial charge in [0.2, 0.25) is 10.0 Å². The first-order chi connectivity index (χ1) is 10.5. The van der Waals surface area contributed by atoms with Gasteiger partial charge < -0.3 is 5.32 Å². The Kier molecular flexibility index (Phi) is 6.07. The molecule has 1 aromatic carbocycles. The van der Waals surface area contributed by atoms with E-state index in [2.05, 4.69) is 15.0 Å². The quantitative estimate of drug-likeness (QED) is 0.774. The van der Waals surface area contributed by atoms with Gasteiger partial charge in [-0.25, -0.2) is 18.1 Å². The summed E-state index contributed by atoms with van der Waals surface area (Å²) in [5, 5.41) is 5.30. The van der Waals surface area contributed by atoms with E-state index in [1.54, 1.807) is 16.8 Å². The first kappa shape index (κ1) is 17.1. The molecule has 5 nitrogen and oxygen atoms in total. The molecule has 0 spiro atoms. The van der Waals surface area contributed by atoms with E-state index >= 15 is 0 Å². The summed E-state index contributed by atoms with van der Waals surface area (Å²) in [7, 11) is -3.31. The number of hydrogen-bond donors (Lipinski definition) is 2. The van der Waals surface area contributed by atoms with E-state index in [-0.39, 0.29) is 11.8 Å². The molecule has 1 heterocycles. The van der Waals surface area contributed by atoms with E-state index in [1.165, 1.54) is 0 Å². The van der Waals surface area contributed by atoms with Crippen LogP contribution in [0.25, 0.3) is 0 Å². The zero-order chi connectivity index (χ0) is 16.0. The Morgan fingerprint density at radius 3 is 2.55 bits per heavy atom. The average Bonchev–Trinajstić information content (AvgIpc) is 2.92. The molecule has 2 aromatic rings. The molecule has 1 aromatic heterocycles. The molecule has 0 amide bonds. The van der Waals surface area contributed by atoms with Gasteiger partial charge in [-0.2, -0.15) is 0 Å². The molecule has 120 valence electrons. The van der Waals surface area contributed by atoms with Crippen molar-refractivity contribution < 1.29 is 8.42 Å². The molecule has 0 saturated carbocycles. The SMILES string of the molecule is CC(C)NS(=O)(=O)Cc1ccccc1CNCc1cscn1. The third-order valence-corrected chi connectivity index (χ3v) is 5.14. The first-order valence-electron chi connectivity index (χ1n) is 7.11. The van der Waals surface area contributed by atoms with Crippen molar-refractivity contribution in [3.63, 3.8) is 0 Å². The summed E-state index contributed by atoms with van der Waals surface area (Å²) in [5.74, 6) is -0.000264. The van der Waals surface area contributed by atoms with E-state index in [9.17, 15) is 8.42 Å². The van der Waals surface area contributed by atoms with E-state index in [1.807, 2.05) is 43.5 Å². The molecule has 7 heteroatoms. The molecule has 2 N–H and O–H groups in total. The Labute approximate surface area is 135 Å². The van der Waals surface area contributed by atoms with Crippen molar-refractivity contribution in [1.29, 1.82) is 0 Å². The van der Waals surface area contributed by atoms with Gasteiger partial charge in [-0.3, -0.25) is 0 Å². The smallest absolute Gasteiger partial charge is 0.216 e. The third kappa shape index (κ3) is 5.49. The lowest BCUT2D eigenvalue weighted by molar-refractivity contribution is 0.568. The summed E-state index contributed by atoms with van der Waals surface area (Å²) in [4.78, 5) is 4.21. The summed E-state index contributed by atoms with van der Waals surface area (Å²) in [6, 6.07) is 7.50. The number of hydrogen-bond acceptors (Lipinski definition) is 5. The van der Waals surface area contributed by atoms with Crippen LogP contribution in [0.5, 0.6) is 0 Å². The molecule has 0 bridgehead atoms. The second kappa shape index (κ2) is 7.82. The lowest BCUT2D eigenvalue weighted by Crippen LogP contribution is -2.31. The minimum atomic E-state index is -3.31. The van der Waals surface area contributed by atoms with Gasteiger partial charge in [0.25, 0.3) is 0 Å². The third-order valence-electron chi connectivity index (χ3n) is 2.98. The zero-order valence-electron chi connectivity index (χ0n) is 12.7. The minimum absolute atomic E-state index is 0.000264. The predicted molar refractivity (Wildman–Crippen MR) is 90.0 cm³/mol. The fourth-order valence-corrected chi connectivity index (χ4v) is 4.18. The van der Waals surface area contributed by atoms with Gasteiger partial charge in [0.15, 0.2) is 0 Å². The zero-order valence-corrected chi connectivity index (χ0v) is 14.4. The molecule has 0 radical (unpaired) electrons. The fraction of sp³-hybridized carbons (Fsp3) is 0.400. The average molecular weight is 339 g/mol. The van der Waals surface area contributed by atoms with E-state index in [4.69, 9.17) is 0 Å². The minimum Gasteiger partial charge on any atom is -0.307 e. The maximum Gasteiger partial charge on any atom is 0.216 e. The van der Waals surface area contributed by atoms with Crippen LogP contribution in [0.4, 0.5) is 0 Å². The number of nitrogens with zero attached hydrogens (tertiary/aromatic N) is 1. The largest absolute Gasteiger partial charge is 0.307 e. The monoisotopic (exact) mass is 339 g/mol. The van der Waals surface area contributed by atoms with Crippen LogP contribution in [0.1, 0.15) is 30.7 Å². The number of nitrogens with one attached hydrogen (secondary N) is 2. The molecule has 0 aliphatic rings. The van der Waals surface area contributed by atoms with Gasteiger partial charge in [-0.1, -0.05) is 24.3 Å². The number of aromatic nitrogens is 1. The Morgan fingerprint density at radius 1 is 1.18 bits per heavy atom. The summed E-state index contributed by atoms with van der Waals surface area (Å²) >= 11 is 1.56. The van der Waals surface area contributed by atoms with Crippen LogP contribution in [0, 0.1) is 0 Å². The molecule has 0 atom stereocenters. The maximum atomic E-state index is 12.1. The maximum absolute atomic E-state index is 12.1. The Bertz CT molecular complexity index is 683. The van der Waals surface area contributed by atoms with Gasteiger partial charge >= 0.3 is 0 Å². The lowest BCUT2D eigenvalue weighted by Gasteiger charge is -2.13. The van der Waals surface area contributed by atoms with Crippen molar-refractivity contribution in [2.24, 2.45) is 0 Å². The van der Waals surface area contributed by atoms with E-state index in [0.29, 0.717) is 13.1 Å². The van der Waals surface area contributed by atoms with Crippen molar-refractivity contribution in [2.75, 3.05) is 0 Å². The molecule has 0 aliphatic heterocycles. The Hall–Kier alpha value is -1.28. The molecule has 2 rings (SSSR count). The van der Waals surface area contributed by atoms with Gasteiger partial charge in [0.1, 0.15) is 0 Å². The van der Waals surface area contributed by atoms with Gasteiger partial charge in [0.05, 0.1) is 17.0 Å². The summed E-state index contributed by atoms with van der Waals surface area (Å²) in [6.45, 7) is 4.93. The molecule has 0 fully saturated rings. The van der Waals surface area contributed by atoms with Crippen LogP contribution in [-0.2, 0) is 28.9 Å². The highest BCUT2D eigenvalue weighted by molar-refractivity contribution is 7.88. The first-order valence-corrected chi connectivity index (χ1v) is 9.70. The van der Waals surface area contributed by atoms with Gasteiger partial charge in [0, 0.05) is 24.5 Å². The number of benzene rings is 1. The fourth-order valence-electron chi connectivity index (χ4n) is 2.13. The lowest BCUT2D eigenvalue weighted by atomic mass is 10.1. The number of thiazole rings is 1. The van der Waals surface area contributed by atoms with Crippen molar-refractivity contribution >= 4 is 21.4 Å². The number of rotatable bonds is 8. The molecule has 0 unspecified atom stereocenters. The topological polar surface area (TPSA) is 71.1 Å². The van der Waals surface area contributed by atoms with Gasteiger partial charge in [-0.15, -0.1) is 11.3 Å². The second-order valence-corrected chi connectivity index (χ2v) is 7.86. The number of sulfonamides is 1. The van der Waals surface area contributed by atoms with Crippen molar-refractivity contribution in [2.45, 2.75) is 38.7 Å². The molecular weight excluding hydrogens is 318 g/mol. The summed E-state index contributed by atoms with van der Waals surface area (Å²) in [6.07, 6.45) is 0. The normalized spacial score (nSPS) is 12.0. The van der Waals surface area contributed by atoms with Crippen LogP contribution >= 0.6 is 11.3 Å². The highest BCUT2D eigenvalue weighted by atomic mass is 32.2. The van der Waals surface area contributed by atoms with Crippen LogP contribution in [-0.4, -0.2) is 19.4 Å². The van der Waals surface area contributed by atoms with Crippen molar-refractivity contribution in [1.82, 2.24) is 15.0 Å². The highest BCUT2D eigenvalue weighted by Crippen LogP contribution is 2.13. The second-order valence-electron chi connectivity index (χ2n) is 5.38. The molecule has 0 aliphatic carbocycles. The van der Waals surface area contributed by atoms with Crippen molar-refractivity contribution in [3.05, 3.63) is 52.0 Å². The van der Waals surface area contributed by atoms with Crippen LogP contribution in [0.3, 0.4) is 0 Å². The van der Waals surface area contributed by atoms with Crippen LogP contribution < -0.4 is 10.0 Å². The Morgan fingerprint density at radius 2 is 1.91 bits per heavy atom. The van der Waals surface area contributed by atoms with Crippen LogP contribution in [0.2, 0.25) is 0 Å². The van der Waals surface area contributed by atoms with Gasteiger partial charge in [-0.05, 0) is 25.0 Å². The Balaban J connectivity index is 2.00. The van der Waals surface area contributed by atoms with E-state index < -0.39 is 10.0 Å². The molecular formula is C15H21N3O2S2. The van der Waals surface area contributed by atoms with E-state index in [0.717, 1.165) is 16.8 Å². The van der Waals surface area contributed by atoms with Crippen molar-refractivity contribution in [3.8, 4) is 0 Å². The summed E-state index contributed by atoms with van der Waals surface area (Å²) in [5.41, 5.74) is 4.61.